The first-order valence-electron chi connectivity index (χ1n) is 8.30. The van der Waals surface area contributed by atoms with E-state index in [2.05, 4.69) is 21.8 Å². The molecule has 1 N–H and O–H groups in total. The minimum absolute atomic E-state index is 0.0577. The van der Waals surface area contributed by atoms with Crippen molar-refractivity contribution in [1.82, 2.24) is 24.7 Å². The van der Waals surface area contributed by atoms with Gasteiger partial charge >= 0.3 is 0 Å². The lowest BCUT2D eigenvalue weighted by molar-refractivity contribution is 0.0769. The molecule has 1 fully saturated rings. The fourth-order valence-electron chi connectivity index (χ4n) is 3.72. The summed E-state index contributed by atoms with van der Waals surface area (Å²) in [6.45, 7) is 3.39. The number of ether oxygens (including phenoxy) is 1. The SMILES string of the molecule is CPn1nc2c3c(nccc31)N(C1CCOCC1)C(=O)c1n[nH]cc1-2. The van der Waals surface area contributed by atoms with Gasteiger partial charge in [0, 0.05) is 40.4 Å². The molecular weight excluding hydrogens is 339 g/mol. The number of aromatic amines is 1. The number of carbonyl (C=O) groups excluding carboxylic acids is 1. The summed E-state index contributed by atoms with van der Waals surface area (Å²) >= 11 is 0. The van der Waals surface area contributed by atoms with Crippen LogP contribution in [-0.4, -0.2) is 56.6 Å². The summed E-state index contributed by atoms with van der Waals surface area (Å²) in [5.41, 5.74) is 2.94. The van der Waals surface area contributed by atoms with Gasteiger partial charge in [-0.1, -0.05) is 0 Å². The maximum Gasteiger partial charge on any atom is 0.280 e. The molecule has 0 aromatic carbocycles. The van der Waals surface area contributed by atoms with Crippen molar-refractivity contribution < 1.29 is 9.53 Å². The number of nitrogens with zero attached hydrogens (tertiary/aromatic N) is 5. The van der Waals surface area contributed by atoms with Crippen LogP contribution in [0.4, 0.5) is 5.82 Å². The van der Waals surface area contributed by atoms with Crippen LogP contribution in [0, 0.1) is 0 Å². The Morgan fingerprint density at radius 1 is 1.32 bits per heavy atom. The Kier molecular flexibility index (Phi) is 3.36. The van der Waals surface area contributed by atoms with Gasteiger partial charge in [-0.2, -0.15) is 10.2 Å². The molecule has 1 amide bonds. The van der Waals surface area contributed by atoms with Gasteiger partial charge in [0.05, 0.1) is 16.5 Å². The molecule has 0 spiro atoms. The average Bonchev–Trinajstić information content (AvgIpc) is 3.25. The summed E-state index contributed by atoms with van der Waals surface area (Å²) in [7, 11) is 0.492. The van der Waals surface area contributed by atoms with Gasteiger partial charge in [0.15, 0.2) is 5.69 Å². The van der Waals surface area contributed by atoms with Gasteiger partial charge in [0.25, 0.3) is 5.91 Å². The van der Waals surface area contributed by atoms with E-state index < -0.39 is 0 Å². The zero-order valence-corrected chi connectivity index (χ0v) is 14.7. The minimum atomic E-state index is -0.119. The highest BCUT2D eigenvalue weighted by molar-refractivity contribution is 7.35. The molecule has 5 heterocycles. The number of amides is 1. The Balaban J connectivity index is 1.83. The lowest BCUT2D eigenvalue weighted by Crippen LogP contribution is -2.44. The summed E-state index contributed by atoms with van der Waals surface area (Å²) in [6, 6.07) is 2.02. The van der Waals surface area contributed by atoms with Crippen LogP contribution in [-0.2, 0) is 4.74 Å². The average molecular weight is 356 g/mol. The molecule has 3 aromatic rings. The number of pyridine rings is 1. The standard InChI is InChI=1S/C16H17N6O2P/c1-25-22-11-2-5-17-15-12(11)13(20-22)10-8-18-19-14(10)16(23)21(15)9-3-6-24-7-4-9/h2,5,8-9,25H,3-4,6-7H2,1H3,(H,18,19). The summed E-state index contributed by atoms with van der Waals surface area (Å²) in [6.07, 6.45) is 5.10. The predicted octanol–water partition coefficient (Wildman–Crippen LogP) is 2.03. The van der Waals surface area contributed by atoms with Crippen LogP contribution in [0.15, 0.2) is 18.5 Å². The van der Waals surface area contributed by atoms with E-state index in [-0.39, 0.29) is 11.9 Å². The minimum Gasteiger partial charge on any atom is -0.381 e. The van der Waals surface area contributed by atoms with Crippen molar-refractivity contribution in [2.24, 2.45) is 0 Å². The third-order valence-electron chi connectivity index (χ3n) is 4.89. The van der Waals surface area contributed by atoms with E-state index in [0.29, 0.717) is 33.5 Å². The fourth-order valence-corrected chi connectivity index (χ4v) is 4.34. The van der Waals surface area contributed by atoms with Crippen LogP contribution < -0.4 is 4.90 Å². The van der Waals surface area contributed by atoms with Crippen molar-refractivity contribution in [3.05, 3.63) is 24.2 Å². The zero-order valence-electron chi connectivity index (χ0n) is 13.7. The number of hydrogen-bond donors (Lipinski definition) is 1. The van der Waals surface area contributed by atoms with Gasteiger partial charge in [-0.15, -0.1) is 0 Å². The summed E-state index contributed by atoms with van der Waals surface area (Å²) in [4.78, 5) is 19.7. The van der Waals surface area contributed by atoms with Gasteiger partial charge in [0.2, 0.25) is 0 Å². The molecule has 1 unspecified atom stereocenters. The van der Waals surface area contributed by atoms with Crippen molar-refractivity contribution in [2.45, 2.75) is 18.9 Å². The van der Waals surface area contributed by atoms with Gasteiger partial charge in [-0.05, 0) is 25.6 Å². The summed E-state index contributed by atoms with van der Waals surface area (Å²) < 4.78 is 7.46. The number of hydrogen-bond acceptors (Lipinski definition) is 5. The van der Waals surface area contributed by atoms with Crippen LogP contribution in [0.5, 0.6) is 0 Å². The van der Waals surface area contributed by atoms with Gasteiger partial charge in [-0.25, -0.2) is 9.44 Å². The molecule has 0 saturated carbocycles. The first-order valence-corrected chi connectivity index (χ1v) is 9.75. The first-order chi connectivity index (χ1) is 12.3. The van der Waals surface area contributed by atoms with Crippen LogP contribution in [0.2, 0.25) is 0 Å². The van der Waals surface area contributed by atoms with Gasteiger partial charge in [-0.3, -0.25) is 14.8 Å². The highest BCUT2D eigenvalue weighted by atomic mass is 31.1. The summed E-state index contributed by atoms with van der Waals surface area (Å²) in [5.74, 6) is 0.568. The summed E-state index contributed by atoms with van der Waals surface area (Å²) in [5, 5.41) is 12.7. The molecule has 0 aliphatic carbocycles. The predicted molar refractivity (Wildman–Crippen MR) is 95.4 cm³/mol. The second-order valence-electron chi connectivity index (χ2n) is 6.18. The van der Waals surface area contributed by atoms with E-state index in [4.69, 9.17) is 9.84 Å². The second kappa shape index (κ2) is 5.61. The Bertz CT molecular complexity index is 974. The number of H-pyrrole nitrogens is 1. The quantitative estimate of drug-likeness (QED) is 0.710. The smallest absolute Gasteiger partial charge is 0.280 e. The molecular formula is C16H17N6O2P. The number of fused-ring (bicyclic) bond motifs is 2. The van der Waals surface area contributed by atoms with Crippen LogP contribution >= 0.6 is 8.73 Å². The molecule has 2 aliphatic heterocycles. The number of aromatic nitrogens is 5. The van der Waals surface area contributed by atoms with Crippen molar-refractivity contribution >= 4 is 31.4 Å². The second-order valence-corrected chi connectivity index (χ2v) is 7.05. The molecule has 128 valence electrons. The Hall–Kier alpha value is -2.31. The van der Waals surface area contributed by atoms with E-state index in [0.717, 1.165) is 35.0 Å². The Morgan fingerprint density at radius 2 is 2.16 bits per heavy atom. The highest BCUT2D eigenvalue weighted by Crippen LogP contribution is 2.41. The monoisotopic (exact) mass is 356 g/mol. The van der Waals surface area contributed by atoms with Gasteiger partial charge in [0.1, 0.15) is 11.5 Å². The first kappa shape index (κ1) is 15.0. The number of anilines is 1. The molecule has 0 bridgehead atoms. The molecule has 5 rings (SSSR count). The molecule has 3 aromatic heterocycles. The molecule has 8 nitrogen and oxygen atoms in total. The van der Waals surface area contributed by atoms with E-state index in [1.54, 1.807) is 12.4 Å². The molecule has 1 saturated heterocycles. The fraction of sp³-hybridized carbons (Fsp3) is 0.375. The Labute approximate surface area is 145 Å². The van der Waals surface area contributed by atoms with Crippen LogP contribution in [0.25, 0.3) is 22.2 Å². The third kappa shape index (κ3) is 2.07. The molecule has 2 aliphatic rings. The lowest BCUT2D eigenvalue weighted by Gasteiger charge is -2.33. The van der Waals surface area contributed by atoms with Crippen LogP contribution in [0.3, 0.4) is 0 Å². The van der Waals surface area contributed by atoms with E-state index in [1.165, 1.54) is 0 Å². The molecule has 1 atom stereocenters. The maximum atomic E-state index is 13.3. The topological polar surface area (TPSA) is 88.9 Å². The largest absolute Gasteiger partial charge is 0.381 e. The number of nitrogens with one attached hydrogen (secondary N) is 1. The van der Waals surface area contributed by atoms with Crippen molar-refractivity contribution in [3.8, 4) is 11.3 Å². The van der Waals surface area contributed by atoms with E-state index in [9.17, 15) is 4.79 Å². The van der Waals surface area contributed by atoms with Crippen LogP contribution in [0.1, 0.15) is 23.3 Å². The molecule has 9 heteroatoms. The van der Waals surface area contributed by atoms with E-state index >= 15 is 0 Å². The highest BCUT2D eigenvalue weighted by Gasteiger charge is 2.37. The van der Waals surface area contributed by atoms with Crippen molar-refractivity contribution in [2.75, 3.05) is 24.8 Å². The third-order valence-corrected chi connectivity index (χ3v) is 5.65. The van der Waals surface area contributed by atoms with Gasteiger partial charge < -0.3 is 4.74 Å². The zero-order chi connectivity index (χ0) is 17.0. The lowest BCUT2D eigenvalue weighted by atomic mass is 10.1. The van der Waals surface area contributed by atoms with Crippen molar-refractivity contribution in [3.63, 3.8) is 0 Å². The molecule has 25 heavy (non-hydrogen) atoms. The molecule has 0 radical (unpaired) electrons. The number of rotatable bonds is 2. The van der Waals surface area contributed by atoms with E-state index in [1.807, 2.05) is 15.4 Å². The maximum absolute atomic E-state index is 13.3. The normalized spacial score (nSPS) is 18.3. The Morgan fingerprint density at radius 3 is 2.96 bits per heavy atom. The number of carbonyl (C=O) groups is 1. The van der Waals surface area contributed by atoms with Crippen molar-refractivity contribution in [1.29, 1.82) is 0 Å².